The largest absolute Gasteiger partial charge is 0.456 e. The van der Waals surface area contributed by atoms with Crippen molar-refractivity contribution in [3.8, 4) is 11.1 Å². The quantitative estimate of drug-likeness (QED) is 0.202. The molecule has 0 unspecified atom stereocenters. The van der Waals surface area contributed by atoms with Crippen molar-refractivity contribution < 1.29 is 23.9 Å². The number of benzene rings is 3. The number of ether oxygens (including phenoxy) is 1. The molecule has 0 aromatic heterocycles. The Morgan fingerprint density at radius 1 is 0.833 bits per heavy atom. The smallest absolute Gasteiger partial charge is 0.329 e. The zero-order valence-electron chi connectivity index (χ0n) is 19.7. The first-order chi connectivity index (χ1) is 17.2. The van der Waals surface area contributed by atoms with E-state index >= 15 is 0 Å². The van der Waals surface area contributed by atoms with Crippen LogP contribution in [0.3, 0.4) is 0 Å². The first-order valence-corrected chi connectivity index (χ1v) is 12.1. The van der Waals surface area contributed by atoms with Gasteiger partial charge in [-0.25, -0.2) is 4.79 Å². The Morgan fingerprint density at radius 2 is 1.36 bits per heavy atom. The van der Waals surface area contributed by atoms with Gasteiger partial charge < -0.3 is 4.74 Å². The summed E-state index contributed by atoms with van der Waals surface area (Å²) >= 11 is 12.0. The van der Waals surface area contributed by atoms with E-state index in [1.165, 1.54) is 12.1 Å². The molecule has 1 aliphatic heterocycles. The molecule has 1 heterocycles. The normalized spacial score (nSPS) is 13.6. The molecule has 36 heavy (non-hydrogen) atoms. The molecule has 0 aliphatic carbocycles. The maximum atomic E-state index is 13.0. The summed E-state index contributed by atoms with van der Waals surface area (Å²) in [4.78, 5) is 52.7. The van der Waals surface area contributed by atoms with Gasteiger partial charge in [0.1, 0.15) is 6.04 Å². The minimum Gasteiger partial charge on any atom is -0.456 e. The molecule has 3 aromatic carbocycles. The fourth-order valence-corrected chi connectivity index (χ4v) is 4.41. The van der Waals surface area contributed by atoms with Gasteiger partial charge in [-0.1, -0.05) is 91.6 Å². The molecule has 0 saturated heterocycles. The number of hydrogen-bond acceptors (Lipinski definition) is 5. The van der Waals surface area contributed by atoms with Crippen molar-refractivity contribution in [1.82, 2.24) is 4.90 Å². The average Bonchev–Trinajstić information content (AvgIpc) is 3.10. The van der Waals surface area contributed by atoms with Gasteiger partial charge in [0.2, 0.25) is 0 Å². The van der Waals surface area contributed by atoms with Crippen LogP contribution in [0.1, 0.15) is 51.3 Å². The van der Waals surface area contributed by atoms with Gasteiger partial charge in [-0.2, -0.15) is 0 Å². The first kappa shape index (κ1) is 25.6. The molecule has 2 amide bonds. The van der Waals surface area contributed by atoms with E-state index in [9.17, 15) is 19.2 Å². The number of carbonyl (C=O) groups excluding carboxylic acids is 4. The standard InChI is InChI=1S/C28H23Cl2NO5/c1-16(2)12-24(31-26(33)20-13-22(29)23(30)14-21(20)27(31)34)28(35)36-15-25(32)19-10-8-18(9-11-19)17-6-4-3-5-7-17/h3-11,13-14,16,24H,12,15H2,1-2H3/t24-/m0/s1. The van der Waals surface area contributed by atoms with Crippen LogP contribution in [-0.4, -0.2) is 41.1 Å². The number of imide groups is 1. The van der Waals surface area contributed by atoms with Crippen molar-refractivity contribution in [2.45, 2.75) is 26.3 Å². The molecule has 0 saturated carbocycles. The lowest BCUT2D eigenvalue weighted by Gasteiger charge is -2.25. The Morgan fingerprint density at radius 3 is 1.89 bits per heavy atom. The minimum absolute atomic E-state index is 0.0414. The summed E-state index contributed by atoms with van der Waals surface area (Å²) < 4.78 is 5.30. The van der Waals surface area contributed by atoms with Crippen molar-refractivity contribution in [1.29, 1.82) is 0 Å². The molecule has 0 spiro atoms. The predicted molar refractivity (Wildman–Crippen MR) is 137 cm³/mol. The topological polar surface area (TPSA) is 80.8 Å². The molecule has 4 rings (SSSR count). The lowest BCUT2D eigenvalue weighted by atomic mass is 10.0. The number of fused-ring (bicyclic) bond motifs is 1. The Bertz CT molecular complexity index is 1300. The van der Waals surface area contributed by atoms with Gasteiger partial charge in [0.05, 0.1) is 21.2 Å². The third kappa shape index (κ3) is 5.20. The third-order valence-electron chi connectivity index (χ3n) is 5.90. The van der Waals surface area contributed by atoms with Gasteiger partial charge in [0, 0.05) is 5.56 Å². The summed E-state index contributed by atoms with van der Waals surface area (Å²) in [5.41, 5.74) is 2.50. The second-order valence-corrected chi connectivity index (χ2v) is 9.73. The molecule has 184 valence electrons. The highest BCUT2D eigenvalue weighted by Gasteiger charge is 2.44. The van der Waals surface area contributed by atoms with Crippen molar-refractivity contribution in [3.63, 3.8) is 0 Å². The maximum Gasteiger partial charge on any atom is 0.329 e. The second-order valence-electron chi connectivity index (χ2n) is 8.91. The van der Waals surface area contributed by atoms with Crippen molar-refractivity contribution in [2.75, 3.05) is 6.61 Å². The maximum absolute atomic E-state index is 13.0. The molecular formula is C28H23Cl2NO5. The highest BCUT2D eigenvalue weighted by atomic mass is 35.5. The van der Waals surface area contributed by atoms with E-state index in [0.717, 1.165) is 16.0 Å². The Balaban J connectivity index is 1.48. The number of nitrogens with zero attached hydrogens (tertiary/aromatic N) is 1. The van der Waals surface area contributed by atoms with Crippen LogP contribution in [0.4, 0.5) is 0 Å². The highest BCUT2D eigenvalue weighted by Crippen LogP contribution is 2.33. The number of Topliss-reactive ketones (excluding diaryl/α,β-unsaturated/α-hetero) is 1. The van der Waals surface area contributed by atoms with Crippen molar-refractivity contribution >= 4 is 46.8 Å². The van der Waals surface area contributed by atoms with Gasteiger partial charge in [0.25, 0.3) is 11.8 Å². The third-order valence-corrected chi connectivity index (χ3v) is 6.62. The number of halogens is 2. The number of rotatable bonds is 8. The first-order valence-electron chi connectivity index (χ1n) is 11.4. The zero-order valence-corrected chi connectivity index (χ0v) is 21.2. The fourth-order valence-electron chi connectivity index (χ4n) is 4.08. The lowest BCUT2D eigenvalue weighted by Crippen LogP contribution is -2.46. The summed E-state index contributed by atoms with van der Waals surface area (Å²) in [6.45, 7) is 3.19. The summed E-state index contributed by atoms with van der Waals surface area (Å²) in [7, 11) is 0. The van der Waals surface area contributed by atoms with E-state index in [2.05, 4.69) is 0 Å². The monoisotopic (exact) mass is 523 g/mol. The van der Waals surface area contributed by atoms with Crippen LogP contribution in [0.25, 0.3) is 11.1 Å². The summed E-state index contributed by atoms with van der Waals surface area (Å²) in [6, 6.07) is 18.1. The van der Waals surface area contributed by atoms with E-state index in [4.69, 9.17) is 27.9 Å². The van der Waals surface area contributed by atoms with E-state index in [1.54, 1.807) is 12.1 Å². The molecule has 0 bridgehead atoms. The summed E-state index contributed by atoms with van der Waals surface area (Å²) in [6.07, 6.45) is 0.172. The molecule has 1 atom stereocenters. The average molecular weight is 524 g/mol. The second kappa shape index (κ2) is 10.6. The fraction of sp³-hybridized carbons (Fsp3) is 0.214. The number of ketones is 1. The van der Waals surface area contributed by atoms with Crippen LogP contribution in [0.2, 0.25) is 10.0 Å². The van der Waals surface area contributed by atoms with Crippen LogP contribution < -0.4 is 0 Å². The number of esters is 1. The van der Waals surface area contributed by atoms with Crippen molar-refractivity contribution in [2.24, 2.45) is 5.92 Å². The zero-order chi connectivity index (χ0) is 26.0. The molecule has 6 nitrogen and oxygen atoms in total. The minimum atomic E-state index is -1.19. The highest BCUT2D eigenvalue weighted by molar-refractivity contribution is 6.43. The molecule has 0 fully saturated rings. The van der Waals surface area contributed by atoms with Crippen molar-refractivity contribution in [3.05, 3.63) is 93.5 Å². The van der Waals surface area contributed by atoms with Gasteiger partial charge in [-0.15, -0.1) is 0 Å². The summed E-state index contributed by atoms with van der Waals surface area (Å²) in [5.74, 6) is -2.57. The number of hydrogen-bond donors (Lipinski definition) is 0. The SMILES string of the molecule is CC(C)C[C@@H](C(=O)OCC(=O)c1ccc(-c2ccccc2)cc1)N1C(=O)c2cc(Cl)c(Cl)cc2C1=O. The Hall–Kier alpha value is -3.48. The number of amides is 2. The van der Waals surface area contributed by atoms with Gasteiger partial charge >= 0.3 is 5.97 Å². The lowest BCUT2D eigenvalue weighted by molar-refractivity contribution is -0.147. The van der Waals surface area contributed by atoms with E-state index < -0.39 is 36.2 Å². The summed E-state index contributed by atoms with van der Waals surface area (Å²) in [5, 5.41) is 0.260. The number of carbonyl (C=O) groups is 4. The van der Waals surface area contributed by atoms with Crippen LogP contribution in [-0.2, 0) is 9.53 Å². The van der Waals surface area contributed by atoms with Crippen LogP contribution >= 0.6 is 23.2 Å². The van der Waals surface area contributed by atoms with Crippen LogP contribution in [0, 0.1) is 5.92 Å². The Kier molecular flexibility index (Phi) is 7.57. The van der Waals surface area contributed by atoms with Gasteiger partial charge in [-0.3, -0.25) is 19.3 Å². The molecule has 3 aromatic rings. The van der Waals surface area contributed by atoms with E-state index in [1.807, 2.05) is 56.3 Å². The molecule has 8 heteroatoms. The molecule has 0 N–H and O–H groups in total. The van der Waals surface area contributed by atoms with E-state index in [-0.39, 0.29) is 33.5 Å². The molecular weight excluding hydrogens is 501 g/mol. The van der Waals surface area contributed by atoms with E-state index in [0.29, 0.717) is 5.56 Å². The molecule has 0 radical (unpaired) electrons. The Labute approximate surface area is 218 Å². The van der Waals surface area contributed by atoms with Gasteiger partial charge in [-0.05, 0) is 35.6 Å². The predicted octanol–water partition coefficient (Wildman–Crippen LogP) is 6.10. The molecule has 1 aliphatic rings. The van der Waals surface area contributed by atoms with Gasteiger partial charge in [0.15, 0.2) is 12.4 Å². The van der Waals surface area contributed by atoms with Crippen LogP contribution in [0.15, 0.2) is 66.7 Å². The van der Waals surface area contributed by atoms with Crippen LogP contribution in [0.5, 0.6) is 0 Å².